The van der Waals surface area contributed by atoms with Crippen molar-refractivity contribution in [2.45, 2.75) is 13.8 Å². The predicted molar refractivity (Wildman–Crippen MR) is 101 cm³/mol. The number of amides is 1. The number of carbonyl (C=O) groups is 1. The minimum Gasteiger partial charge on any atom is -0.460 e. The first-order chi connectivity index (χ1) is 13.0. The van der Waals surface area contributed by atoms with E-state index in [2.05, 4.69) is 30.7 Å². The van der Waals surface area contributed by atoms with Crippen LogP contribution in [0, 0.1) is 13.8 Å². The predicted octanol–water partition coefficient (Wildman–Crippen LogP) is 3.98. The summed E-state index contributed by atoms with van der Waals surface area (Å²) in [4.78, 5) is 16.7. The van der Waals surface area contributed by atoms with Crippen LogP contribution in [0.5, 0.6) is 0 Å². The molecule has 1 amide bonds. The number of rotatable bonds is 4. The first-order valence-electron chi connectivity index (χ1n) is 8.12. The van der Waals surface area contributed by atoms with Gasteiger partial charge in [0.1, 0.15) is 17.3 Å². The maximum absolute atomic E-state index is 12.4. The van der Waals surface area contributed by atoms with Crippen LogP contribution in [0.25, 0.3) is 22.8 Å². The third-order valence-electron chi connectivity index (χ3n) is 3.88. The number of halogens is 1. The molecule has 0 fully saturated rings. The van der Waals surface area contributed by atoms with Gasteiger partial charge in [0, 0.05) is 17.3 Å². The van der Waals surface area contributed by atoms with Gasteiger partial charge >= 0.3 is 0 Å². The molecule has 0 atom stereocenters. The van der Waals surface area contributed by atoms with E-state index in [1.165, 1.54) is 0 Å². The molecule has 3 N–H and O–H groups in total. The van der Waals surface area contributed by atoms with Crippen molar-refractivity contribution < 1.29 is 9.21 Å². The van der Waals surface area contributed by atoms with Crippen LogP contribution < -0.4 is 5.32 Å². The van der Waals surface area contributed by atoms with E-state index < -0.39 is 0 Å². The molecule has 0 unspecified atom stereocenters. The number of furan rings is 1. The largest absolute Gasteiger partial charge is 0.460 e. The standard InChI is InChI=1S/C18H15ClN6O2/c1-9-3-6-16(27-9)14-8-15(24-23-14)18(26)21-11-4-5-12(13(19)7-11)17-20-10(2)22-25-17/h3-8H,1-2H3,(H,21,26)(H,23,24)(H,20,22,25). The number of hydrogen-bond donors (Lipinski definition) is 3. The molecule has 0 aliphatic heterocycles. The van der Waals surface area contributed by atoms with Gasteiger partial charge in [-0.25, -0.2) is 4.98 Å². The topological polar surface area (TPSA) is 112 Å². The van der Waals surface area contributed by atoms with Crippen LogP contribution in [0.2, 0.25) is 5.02 Å². The number of aromatic nitrogens is 5. The minimum atomic E-state index is -0.363. The zero-order valence-electron chi connectivity index (χ0n) is 14.5. The highest BCUT2D eigenvalue weighted by Gasteiger charge is 2.15. The van der Waals surface area contributed by atoms with Crippen molar-refractivity contribution in [1.82, 2.24) is 25.4 Å². The molecule has 3 heterocycles. The van der Waals surface area contributed by atoms with Crippen molar-refractivity contribution in [3.05, 3.63) is 58.7 Å². The smallest absolute Gasteiger partial charge is 0.276 e. The zero-order chi connectivity index (χ0) is 19.0. The summed E-state index contributed by atoms with van der Waals surface area (Å²) >= 11 is 6.31. The highest BCUT2D eigenvalue weighted by atomic mass is 35.5. The lowest BCUT2D eigenvalue weighted by atomic mass is 10.2. The second-order valence-electron chi connectivity index (χ2n) is 5.97. The summed E-state index contributed by atoms with van der Waals surface area (Å²) in [5.41, 5.74) is 2.08. The number of aromatic amines is 2. The quantitative estimate of drug-likeness (QED) is 0.494. The van der Waals surface area contributed by atoms with Crippen molar-refractivity contribution in [2.75, 3.05) is 5.32 Å². The van der Waals surface area contributed by atoms with Crippen molar-refractivity contribution in [2.24, 2.45) is 0 Å². The van der Waals surface area contributed by atoms with E-state index in [-0.39, 0.29) is 11.6 Å². The summed E-state index contributed by atoms with van der Waals surface area (Å²) in [5.74, 6) is 2.23. The van der Waals surface area contributed by atoms with Gasteiger partial charge in [-0.05, 0) is 44.2 Å². The highest BCUT2D eigenvalue weighted by molar-refractivity contribution is 6.33. The van der Waals surface area contributed by atoms with E-state index in [1.807, 2.05) is 19.1 Å². The summed E-state index contributed by atoms with van der Waals surface area (Å²) in [5, 5.41) is 16.9. The number of nitrogens with zero attached hydrogens (tertiary/aromatic N) is 3. The summed E-state index contributed by atoms with van der Waals surface area (Å²) in [6.45, 7) is 3.65. The minimum absolute atomic E-state index is 0.240. The number of anilines is 1. The van der Waals surface area contributed by atoms with E-state index in [0.29, 0.717) is 39.4 Å². The second-order valence-corrected chi connectivity index (χ2v) is 6.38. The van der Waals surface area contributed by atoms with Crippen LogP contribution in [0.3, 0.4) is 0 Å². The van der Waals surface area contributed by atoms with Crippen LogP contribution in [-0.2, 0) is 0 Å². The second kappa shape index (κ2) is 6.73. The van der Waals surface area contributed by atoms with E-state index in [9.17, 15) is 4.79 Å². The molecule has 8 nitrogen and oxygen atoms in total. The van der Waals surface area contributed by atoms with Gasteiger partial charge in [-0.15, -0.1) is 0 Å². The monoisotopic (exact) mass is 382 g/mol. The highest BCUT2D eigenvalue weighted by Crippen LogP contribution is 2.28. The Hall–Kier alpha value is -3.39. The van der Waals surface area contributed by atoms with Crippen molar-refractivity contribution in [3.8, 4) is 22.8 Å². The Balaban J connectivity index is 1.51. The summed E-state index contributed by atoms with van der Waals surface area (Å²) in [6, 6.07) is 10.4. The molecule has 0 aliphatic carbocycles. The average molecular weight is 383 g/mol. The maximum atomic E-state index is 12.4. The first-order valence-corrected chi connectivity index (χ1v) is 8.50. The third kappa shape index (κ3) is 3.47. The molecule has 1 aromatic carbocycles. The van der Waals surface area contributed by atoms with Crippen molar-refractivity contribution in [3.63, 3.8) is 0 Å². The van der Waals surface area contributed by atoms with Gasteiger partial charge < -0.3 is 9.73 Å². The SMILES string of the molecule is Cc1nc(-c2ccc(NC(=O)c3cc(-c4ccc(C)o4)[nH]n3)cc2Cl)n[nH]1. The molecule has 3 aromatic heterocycles. The zero-order valence-corrected chi connectivity index (χ0v) is 15.3. The van der Waals surface area contributed by atoms with Crippen LogP contribution >= 0.6 is 11.6 Å². The molecule has 0 saturated carbocycles. The molecule has 136 valence electrons. The Labute approximate surface area is 159 Å². The molecule has 0 saturated heterocycles. The fraction of sp³-hybridized carbons (Fsp3) is 0.111. The van der Waals surface area contributed by atoms with Crippen LogP contribution in [0.15, 0.2) is 40.8 Å². The summed E-state index contributed by atoms with van der Waals surface area (Å²) < 4.78 is 5.52. The number of carbonyl (C=O) groups excluding carboxylic acids is 1. The fourth-order valence-corrected chi connectivity index (χ4v) is 2.84. The Bertz CT molecular complexity index is 1130. The number of nitrogens with one attached hydrogen (secondary N) is 3. The van der Waals surface area contributed by atoms with Crippen LogP contribution in [0.1, 0.15) is 22.1 Å². The third-order valence-corrected chi connectivity index (χ3v) is 4.19. The van der Waals surface area contributed by atoms with E-state index in [0.717, 1.165) is 5.76 Å². The van der Waals surface area contributed by atoms with E-state index in [4.69, 9.17) is 16.0 Å². The van der Waals surface area contributed by atoms with Gasteiger partial charge in [-0.3, -0.25) is 15.0 Å². The number of hydrogen-bond acceptors (Lipinski definition) is 5. The normalized spacial score (nSPS) is 10.9. The molecule has 0 radical (unpaired) electrons. The van der Waals surface area contributed by atoms with Gasteiger partial charge in [-0.1, -0.05) is 11.6 Å². The number of H-pyrrole nitrogens is 2. The summed E-state index contributed by atoms with van der Waals surface area (Å²) in [6.07, 6.45) is 0. The molecular weight excluding hydrogens is 368 g/mol. The first kappa shape index (κ1) is 17.0. The van der Waals surface area contributed by atoms with Gasteiger partial charge in [0.05, 0.1) is 5.02 Å². The van der Waals surface area contributed by atoms with E-state index >= 15 is 0 Å². The lowest BCUT2D eigenvalue weighted by Crippen LogP contribution is -2.12. The molecule has 4 rings (SSSR count). The van der Waals surface area contributed by atoms with Gasteiger partial charge in [0.2, 0.25) is 0 Å². The van der Waals surface area contributed by atoms with Gasteiger partial charge in [-0.2, -0.15) is 10.2 Å². The Kier molecular flexibility index (Phi) is 4.25. The molecule has 9 heteroatoms. The Morgan fingerprint density at radius 3 is 2.63 bits per heavy atom. The van der Waals surface area contributed by atoms with E-state index in [1.54, 1.807) is 31.2 Å². The fourth-order valence-electron chi connectivity index (χ4n) is 2.58. The van der Waals surface area contributed by atoms with Crippen LogP contribution in [-0.4, -0.2) is 31.3 Å². The lowest BCUT2D eigenvalue weighted by molar-refractivity contribution is 0.102. The molecule has 0 spiro atoms. The molecule has 4 aromatic rings. The molecule has 0 aliphatic rings. The molecule has 27 heavy (non-hydrogen) atoms. The van der Waals surface area contributed by atoms with Crippen LogP contribution in [0.4, 0.5) is 5.69 Å². The Morgan fingerprint density at radius 1 is 1.11 bits per heavy atom. The number of aryl methyl sites for hydroxylation is 2. The molecular formula is C18H15ClN6O2. The average Bonchev–Trinajstić information content (AvgIpc) is 3.35. The van der Waals surface area contributed by atoms with Crippen molar-refractivity contribution >= 4 is 23.2 Å². The Morgan fingerprint density at radius 2 is 1.96 bits per heavy atom. The van der Waals surface area contributed by atoms with Gasteiger partial charge in [0.25, 0.3) is 5.91 Å². The maximum Gasteiger partial charge on any atom is 0.276 e. The molecule has 0 bridgehead atoms. The van der Waals surface area contributed by atoms with Gasteiger partial charge in [0.15, 0.2) is 17.3 Å². The number of benzene rings is 1. The van der Waals surface area contributed by atoms with Crippen molar-refractivity contribution in [1.29, 1.82) is 0 Å². The lowest BCUT2D eigenvalue weighted by Gasteiger charge is -2.06. The summed E-state index contributed by atoms with van der Waals surface area (Å²) in [7, 11) is 0.